The van der Waals surface area contributed by atoms with E-state index in [0.717, 1.165) is 0 Å². The van der Waals surface area contributed by atoms with Gasteiger partial charge in [0.2, 0.25) is 0 Å². The molecular weight excluding hydrogens is 256 g/mol. The Morgan fingerprint density at radius 1 is 1.38 bits per heavy atom. The quantitative estimate of drug-likeness (QED) is 0.588. The van der Waals surface area contributed by atoms with Gasteiger partial charge in [0.05, 0.1) is 15.7 Å². The number of rotatable bonds is 5. The van der Waals surface area contributed by atoms with E-state index in [9.17, 15) is 17.8 Å². The highest BCUT2D eigenvalue weighted by Gasteiger charge is 2.33. The second-order valence-corrected chi connectivity index (χ2v) is 9.95. The van der Waals surface area contributed by atoms with Gasteiger partial charge in [-0.3, -0.25) is 0 Å². The minimum atomic E-state index is -3.09. The van der Waals surface area contributed by atoms with E-state index in [0.29, 0.717) is 0 Å². The minimum absolute atomic E-state index is 0.669. The van der Waals surface area contributed by atoms with Gasteiger partial charge in [0.25, 0.3) is 6.43 Å². The van der Waals surface area contributed by atoms with Crippen LogP contribution in [0.3, 0.4) is 0 Å². The van der Waals surface area contributed by atoms with Gasteiger partial charge in [0.15, 0.2) is 6.23 Å². The zero-order valence-electron chi connectivity index (χ0n) is 10.1. The molecule has 16 heavy (non-hydrogen) atoms. The first-order chi connectivity index (χ1) is 6.93. The van der Waals surface area contributed by atoms with E-state index in [1.807, 2.05) is 0 Å². The molecule has 0 fully saturated rings. The lowest BCUT2D eigenvalue weighted by atomic mass is 10.3. The van der Waals surface area contributed by atoms with E-state index < -0.39 is 36.9 Å². The van der Waals surface area contributed by atoms with Crippen LogP contribution in [0.5, 0.6) is 0 Å². The molecule has 0 saturated heterocycles. The molecule has 0 aliphatic carbocycles. The van der Waals surface area contributed by atoms with Crippen molar-refractivity contribution in [1.82, 2.24) is 4.72 Å². The average Bonchev–Trinajstić information content (AvgIpc) is 1.98. The Morgan fingerprint density at radius 3 is 2.06 bits per heavy atom. The zero-order valence-corrected chi connectivity index (χ0v) is 11.9. The fourth-order valence-corrected chi connectivity index (χ4v) is 2.30. The third-order valence-corrected chi connectivity index (χ3v) is 3.81. The molecule has 0 radical (unpaired) electrons. The molecule has 0 amide bonds. The van der Waals surface area contributed by atoms with Crippen molar-refractivity contribution < 1.29 is 22.2 Å². The molecule has 0 aromatic rings. The lowest BCUT2D eigenvalue weighted by molar-refractivity contribution is -0.00991. The molecule has 0 unspecified atom stereocenters. The van der Waals surface area contributed by atoms with Crippen molar-refractivity contribution in [3.63, 3.8) is 0 Å². The molecule has 0 aliphatic rings. The van der Waals surface area contributed by atoms with Crippen LogP contribution in [0.2, 0.25) is 13.1 Å². The van der Waals surface area contributed by atoms with Crippen molar-refractivity contribution >= 4 is 19.5 Å². The van der Waals surface area contributed by atoms with E-state index in [2.05, 4.69) is 4.72 Å². The predicted octanol–water partition coefficient (Wildman–Crippen LogP) is 1.34. The normalized spacial score (nSPS) is 17.6. The number of hydrogen-bond donors (Lipinski definition) is 2. The van der Waals surface area contributed by atoms with Crippen LogP contribution in [0, 0.1) is 0 Å². The van der Waals surface area contributed by atoms with Gasteiger partial charge < -0.3 is 9.22 Å². The monoisotopic (exact) mass is 275 g/mol. The van der Waals surface area contributed by atoms with Crippen LogP contribution in [0.1, 0.15) is 20.8 Å². The fourth-order valence-electron chi connectivity index (χ4n) is 0.720. The average molecular weight is 275 g/mol. The molecule has 2 atom stereocenters. The van der Waals surface area contributed by atoms with Crippen LogP contribution in [-0.2, 0) is 15.4 Å². The van der Waals surface area contributed by atoms with Crippen LogP contribution in [0.25, 0.3) is 0 Å². The Bertz CT molecular complexity index is 253. The van der Waals surface area contributed by atoms with Gasteiger partial charge in [-0.25, -0.2) is 17.7 Å². The van der Waals surface area contributed by atoms with Crippen molar-refractivity contribution in [3.8, 4) is 0 Å². The molecule has 0 heterocycles. The molecule has 0 saturated carbocycles. The fraction of sp³-hybridized carbons (Fsp3) is 1.00. The lowest BCUT2D eigenvalue weighted by Crippen LogP contribution is -2.50. The third kappa shape index (κ3) is 6.64. The van der Waals surface area contributed by atoms with Gasteiger partial charge in [0, 0.05) is 0 Å². The second kappa shape index (κ2) is 5.63. The summed E-state index contributed by atoms with van der Waals surface area (Å²) < 4.78 is 43.0. The zero-order chi connectivity index (χ0) is 13.1. The highest BCUT2D eigenvalue weighted by molar-refractivity contribution is 7.84. The van der Waals surface area contributed by atoms with Gasteiger partial charge in [-0.2, -0.15) is 0 Å². The Morgan fingerprint density at radius 2 is 1.81 bits per heavy atom. The van der Waals surface area contributed by atoms with Crippen LogP contribution in [0.4, 0.5) is 8.78 Å². The molecule has 4 nitrogen and oxygen atoms in total. The van der Waals surface area contributed by atoms with Gasteiger partial charge in [-0.05, 0) is 33.9 Å². The maximum atomic E-state index is 12.6. The summed E-state index contributed by atoms with van der Waals surface area (Å²) in [6.07, 6.45) is -4.54. The summed E-state index contributed by atoms with van der Waals surface area (Å²) in [5.41, 5.74) is 0. The third-order valence-electron chi connectivity index (χ3n) is 1.42. The maximum absolute atomic E-state index is 12.6. The number of halogens is 2. The number of nitrogens with one attached hydrogen (secondary N) is 1. The van der Waals surface area contributed by atoms with E-state index in [1.54, 1.807) is 20.8 Å². The van der Waals surface area contributed by atoms with Crippen LogP contribution < -0.4 is 4.72 Å². The molecule has 0 aliphatic heterocycles. The molecule has 0 aromatic carbocycles. The molecule has 2 N–H and O–H groups in total. The van der Waals surface area contributed by atoms with Crippen LogP contribution in [-0.4, -0.2) is 35.0 Å². The molecule has 98 valence electrons. The number of hydrogen-bond acceptors (Lipinski definition) is 3. The highest BCUT2D eigenvalue weighted by atomic mass is 32.2. The predicted molar refractivity (Wildman–Crippen MR) is 61.6 cm³/mol. The Balaban J connectivity index is 4.54. The summed E-state index contributed by atoms with van der Waals surface area (Å²) in [6.45, 7) is 7.69. The SMILES string of the molecule is CC(C)(C)[S@](=O)N[C@@H](O[Si](C)(C)O)C(F)F. The molecular formula is C8H19F2NO3SSi. The smallest absolute Gasteiger partial charge is 0.330 e. The first-order valence-electron chi connectivity index (χ1n) is 4.80. The van der Waals surface area contributed by atoms with E-state index in [1.165, 1.54) is 13.1 Å². The van der Waals surface area contributed by atoms with Crippen molar-refractivity contribution in [2.45, 2.75) is 51.3 Å². The summed E-state index contributed by atoms with van der Waals surface area (Å²) in [5, 5.41) is 0. The Kier molecular flexibility index (Phi) is 5.67. The summed E-state index contributed by atoms with van der Waals surface area (Å²) in [5.74, 6) is 0. The molecule has 0 aromatic heterocycles. The van der Waals surface area contributed by atoms with Gasteiger partial charge in [-0.15, -0.1) is 0 Å². The van der Waals surface area contributed by atoms with Crippen molar-refractivity contribution in [2.75, 3.05) is 0 Å². The van der Waals surface area contributed by atoms with Crippen LogP contribution >= 0.6 is 0 Å². The maximum Gasteiger partial charge on any atom is 0.330 e. The van der Waals surface area contributed by atoms with Gasteiger partial charge >= 0.3 is 8.56 Å². The molecule has 0 bridgehead atoms. The largest absolute Gasteiger partial charge is 0.411 e. The summed E-state index contributed by atoms with van der Waals surface area (Å²) in [7, 11) is -4.75. The van der Waals surface area contributed by atoms with E-state index in [4.69, 9.17) is 4.43 Å². The van der Waals surface area contributed by atoms with Gasteiger partial charge in [0.1, 0.15) is 0 Å². The van der Waals surface area contributed by atoms with Crippen molar-refractivity contribution in [3.05, 3.63) is 0 Å². The second-order valence-electron chi connectivity index (χ2n) is 4.82. The molecule has 0 spiro atoms. The van der Waals surface area contributed by atoms with E-state index >= 15 is 0 Å². The van der Waals surface area contributed by atoms with E-state index in [-0.39, 0.29) is 0 Å². The van der Waals surface area contributed by atoms with Gasteiger partial charge in [-0.1, -0.05) is 0 Å². The Hall–Kier alpha value is 0.107. The van der Waals surface area contributed by atoms with Crippen LogP contribution in [0.15, 0.2) is 0 Å². The number of alkyl halides is 2. The standard InChI is InChI=1S/C8H19F2NO3SSi/c1-8(2,3)15(12)11-7(6(9)10)14-16(4,5)13/h6-7,11,13H,1-5H3/t7-,15-/m0/s1. The van der Waals surface area contributed by atoms with Crippen molar-refractivity contribution in [2.24, 2.45) is 0 Å². The molecule has 0 rings (SSSR count). The lowest BCUT2D eigenvalue weighted by Gasteiger charge is -2.27. The molecule has 8 heteroatoms. The summed E-state index contributed by atoms with van der Waals surface area (Å²) in [6, 6.07) is 0. The Labute approximate surface area is 98.2 Å². The topological polar surface area (TPSA) is 58.6 Å². The highest BCUT2D eigenvalue weighted by Crippen LogP contribution is 2.14. The summed E-state index contributed by atoms with van der Waals surface area (Å²) in [4.78, 5) is 9.40. The minimum Gasteiger partial charge on any atom is -0.411 e. The first kappa shape index (κ1) is 16.1. The van der Waals surface area contributed by atoms with Crippen molar-refractivity contribution in [1.29, 1.82) is 0 Å². The summed E-state index contributed by atoms with van der Waals surface area (Å²) >= 11 is 0. The first-order valence-corrected chi connectivity index (χ1v) is 8.80.